The van der Waals surface area contributed by atoms with Gasteiger partial charge in [0.25, 0.3) is 5.91 Å². The third kappa shape index (κ3) is 3.61. The van der Waals surface area contributed by atoms with E-state index in [-0.39, 0.29) is 11.4 Å². The predicted octanol–water partition coefficient (Wildman–Crippen LogP) is 4.53. The quantitative estimate of drug-likeness (QED) is 0.564. The summed E-state index contributed by atoms with van der Waals surface area (Å²) in [5.74, 6) is -2.13. The second-order valence-electron chi connectivity index (χ2n) is 5.63. The highest BCUT2D eigenvalue weighted by Crippen LogP contribution is 2.25. The van der Waals surface area contributed by atoms with Crippen molar-refractivity contribution in [2.24, 2.45) is 0 Å². The van der Waals surface area contributed by atoms with Crippen molar-refractivity contribution in [2.45, 2.75) is 0 Å². The lowest BCUT2D eigenvalue weighted by Gasteiger charge is -2.04. The van der Waals surface area contributed by atoms with Crippen molar-refractivity contribution in [3.05, 3.63) is 83.6 Å². The Bertz CT molecular complexity index is 1110. The highest BCUT2D eigenvalue weighted by Gasteiger charge is 2.15. The molecule has 2 heterocycles. The number of thiazole rings is 1. The molecule has 0 spiro atoms. The van der Waals surface area contributed by atoms with Gasteiger partial charge in [0, 0.05) is 23.2 Å². The van der Waals surface area contributed by atoms with E-state index in [2.05, 4.69) is 15.4 Å². The number of para-hydroxylation sites is 1. The second-order valence-corrected chi connectivity index (χ2v) is 6.48. The van der Waals surface area contributed by atoms with Gasteiger partial charge in [0.2, 0.25) is 0 Å². The van der Waals surface area contributed by atoms with Crippen LogP contribution in [0.3, 0.4) is 0 Å². The van der Waals surface area contributed by atoms with E-state index in [0.717, 1.165) is 17.3 Å². The maximum atomic E-state index is 13.7. The van der Waals surface area contributed by atoms with Gasteiger partial charge in [-0.1, -0.05) is 18.2 Å². The minimum Gasteiger partial charge on any atom is -0.318 e. The number of anilines is 1. The fourth-order valence-electron chi connectivity index (χ4n) is 2.44. The maximum absolute atomic E-state index is 13.7. The smallest absolute Gasteiger partial charge is 0.275 e. The standard InChI is InChI=1S/C19H12F2N4OS/c20-13-6-7-16(15(21)8-13)23-18(26)17-11-27-19(24-17)12-9-22-25(10-12)14-4-2-1-3-5-14/h1-11H,(H,23,26). The summed E-state index contributed by atoms with van der Waals surface area (Å²) in [6.07, 6.45) is 3.47. The molecule has 0 aliphatic heterocycles. The molecule has 0 atom stereocenters. The zero-order valence-corrected chi connectivity index (χ0v) is 14.6. The number of halogens is 2. The van der Waals surface area contributed by atoms with E-state index >= 15 is 0 Å². The van der Waals surface area contributed by atoms with E-state index < -0.39 is 17.5 Å². The summed E-state index contributed by atoms with van der Waals surface area (Å²) in [5.41, 5.74) is 1.71. The average Bonchev–Trinajstić information content (AvgIpc) is 3.34. The van der Waals surface area contributed by atoms with Crippen LogP contribution in [-0.2, 0) is 0 Å². The van der Waals surface area contributed by atoms with Crippen LogP contribution >= 0.6 is 11.3 Å². The Balaban J connectivity index is 1.53. The molecule has 2 aromatic carbocycles. The van der Waals surface area contributed by atoms with Crippen molar-refractivity contribution in [3.8, 4) is 16.3 Å². The molecule has 0 radical (unpaired) electrons. The van der Waals surface area contributed by atoms with Crippen molar-refractivity contribution >= 4 is 22.9 Å². The summed E-state index contributed by atoms with van der Waals surface area (Å²) in [4.78, 5) is 16.6. The van der Waals surface area contributed by atoms with Gasteiger partial charge in [0.1, 0.15) is 22.3 Å². The lowest BCUT2D eigenvalue weighted by atomic mass is 10.3. The van der Waals surface area contributed by atoms with E-state index in [1.807, 2.05) is 36.5 Å². The van der Waals surface area contributed by atoms with E-state index in [0.29, 0.717) is 11.1 Å². The van der Waals surface area contributed by atoms with Crippen molar-refractivity contribution in [1.82, 2.24) is 14.8 Å². The first-order valence-electron chi connectivity index (χ1n) is 7.92. The maximum Gasteiger partial charge on any atom is 0.275 e. The van der Waals surface area contributed by atoms with Gasteiger partial charge in [0.15, 0.2) is 0 Å². The number of amides is 1. The normalized spacial score (nSPS) is 10.7. The Kier molecular flexibility index (Phi) is 4.47. The summed E-state index contributed by atoms with van der Waals surface area (Å²) in [6, 6.07) is 12.5. The van der Waals surface area contributed by atoms with Gasteiger partial charge in [-0.05, 0) is 24.3 Å². The molecule has 4 rings (SSSR count). The molecule has 0 aliphatic rings. The van der Waals surface area contributed by atoms with Gasteiger partial charge in [-0.25, -0.2) is 18.4 Å². The SMILES string of the molecule is O=C(Nc1ccc(F)cc1F)c1csc(-c2cnn(-c3ccccc3)c2)n1. The first-order chi connectivity index (χ1) is 13.1. The summed E-state index contributed by atoms with van der Waals surface area (Å²) in [6.45, 7) is 0. The van der Waals surface area contributed by atoms with E-state index in [1.165, 1.54) is 17.4 Å². The number of hydrogen-bond acceptors (Lipinski definition) is 4. The molecule has 27 heavy (non-hydrogen) atoms. The molecule has 0 unspecified atom stereocenters. The summed E-state index contributed by atoms with van der Waals surface area (Å²) in [7, 11) is 0. The van der Waals surface area contributed by atoms with Gasteiger partial charge in [-0.2, -0.15) is 5.10 Å². The van der Waals surface area contributed by atoms with E-state index in [4.69, 9.17) is 0 Å². The summed E-state index contributed by atoms with van der Waals surface area (Å²) in [5, 5.41) is 8.88. The van der Waals surface area contributed by atoms with Crippen molar-refractivity contribution in [3.63, 3.8) is 0 Å². The summed E-state index contributed by atoms with van der Waals surface area (Å²) < 4.78 is 28.3. The molecular weight excluding hydrogens is 370 g/mol. The molecule has 1 N–H and O–H groups in total. The highest BCUT2D eigenvalue weighted by molar-refractivity contribution is 7.13. The lowest BCUT2D eigenvalue weighted by Crippen LogP contribution is -2.13. The average molecular weight is 382 g/mol. The Morgan fingerprint density at radius 1 is 1.11 bits per heavy atom. The van der Waals surface area contributed by atoms with Gasteiger partial charge >= 0.3 is 0 Å². The molecule has 4 aromatic rings. The molecule has 0 bridgehead atoms. The molecule has 0 saturated carbocycles. The number of rotatable bonds is 4. The van der Waals surface area contributed by atoms with Gasteiger partial charge in [-0.3, -0.25) is 4.79 Å². The van der Waals surface area contributed by atoms with Crippen molar-refractivity contribution in [2.75, 3.05) is 5.32 Å². The Morgan fingerprint density at radius 3 is 2.70 bits per heavy atom. The number of nitrogens with zero attached hydrogens (tertiary/aromatic N) is 3. The number of hydrogen-bond donors (Lipinski definition) is 1. The van der Waals surface area contributed by atoms with Crippen LogP contribution in [0.4, 0.5) is 14.5 Å². The fraction of sp³-hybridized carbons (Fsp3) is 0. The topological polar surface area (TPSA) is 59.8 Å². The van der Waals surface area contributed by atoms with Gasteiger partial charge < -0.3 is 5.32 Å². The first kappa shape index (κ1) is 17.0. The van der Waals surface area contributed by atoms with Crippen LogP contribution in [0, 0.1) is 11.6 Å². The highest BCUT2D eigenvalue weighted by atomic mass is 32.1. The molecule has 0 saturated heterocycles. The molecule has 2 aromatic heterocycles. The number of nitrogens with one attached hydrogen (secondary N) is 1. The third-order valence-corrected chi connectivity index (χ3v) is 4.66. The first-order valence-corrected chi connectivity index (χ1v) is 8.80. The number of aromatic nitrogens is 3. The minimum atomic E-state index is -0.844. The molecular formula is C19H12F2N4OS. The summed E-state index contributed by atoms with van der Waals surface area (Å²) >= 11 is 1.28. The number of benzene rings is 2. The largest absolute Gasteiger partial charge is 0.318 e. The zero-order chi connectivity index (χ0) is 18.8. The van der Waals surface area contributed by atoms with Crippen LogP contribution in [0.2, 0.25) is 0 Å². The minimum absolute atomic E-state index is 0.104. The van der Waals surface area contributed by atoms with Crippen molar-refractivity contribution in [1.29, 1.82) is 0 Å². The molecule has 0 aliphatic carbocycles. The van der Waals surface area contributed by atoms with Crippen LogP contribution in [0.5, 0.6) is 0 Å². The van der Waals surface area contributed by atoms with E-state index in [9.17, 15) is 13.6 Å². The van der Waals surface area contributed by atoms with E-state index in [1.54, 1.807) is 16.3 Å². The Labute approximate surface area is 156 Å². The number of carbonyl (C=O) groups excluding carboxylic acids is 1. The molecule has 8 heteroatoms. The van der Waals surface area contributed by atoms with Crippen LogP contribution in [-0.4, -0.2) is 20.7 Å². The van der Waals surface area contributed by atoms with Gasteiger partial charge in [0.05, 0.1) is 17.6 Å². The van der Waals surface area contributed by atoms with Crippen LogP contribution in [0.15, 0.2) is 66.3 Å². The Hall–Kier alpha value is -3.39. The molecule has 134 valence electrons. The monoisotopic (exact) mass is 382 g/mol. The van der Waals surface area contributed by atoms with Crippen molar-refractivity contribution < 1.29 is 13.6 Å². The van der Waals surface area contributed by atoms with Crippen LogP contribution in [0.1, 0.15) is 10.5 Å². The van der Waals surface area contributed by atoms with Gasteiger partial charge in [-0.15, -0.1) is 11.3 Å². The molecule has 1 amide bonds. The predicted molar refractivity (Wildman–Crippen MR) is 99.0 cm³/mol. The van der Waals surface area contributed by atoms with Crippen LogP contribution in [0.25, 0.3) is 16.3 Å². The van der Waals surface area contributed by atoms with Crippen LogP contribution < -0.4 is 5.32 Å². The Morgan fingerprint density at radius 2 is 1.93 bits per heavy atom. The molecule has 5 nitrogen and oxygen atoms in total. The number of carbonyl (C=O) groups is 1. The zero-order valence-electron chi connectivity index (χ0n) is 13.8. The molecule has 0 fully saturated rings. The third-order valence-electron chi connectivity index (χ3n) is 3.77. The fourth-order valence-corrected chi connectivity index (χ4v) is 3.22. The lowest BCUT2D eigenvalue weighted by molar-refractivity contribution is 0.102. The second kappa shape index (κ2) is 7.08.